The van der Waals surface area contributed by atoms with Gasteiger partial charge in [0.25, 0.3) is 0 Å². The highest BCUT2D eigenvalue weighted by Crippen LogP contribution is 2.37. The first kappa shape index (κ1) is 10.0. The molecule has 1 unspecified atom stereocenters. The molecule has 1 aliphatic rings. The standard InChI is InChI=1S/C12H14O3/c1-3-12(11(13)14-2)8-9-6-4-5-7-10(9)15-12/h4-7H,3,8H2,1-2H3. The van der Waals surface area contributed by atoms with Gasteiger partial charge in [-0.15, -0.1) is 0 Å². The molecule has 0 amide bonds. The summed E-state index contributed by atoms with van der Waals surface area (Å²) in [5.74, 6) is 0.506. The Balaban J connectivity index is 2.33. The Morgan fingerprint density at radius 1 is 1.53 bits per heavy atom. The van der Waals surface area contributed by atoms with Gasteiger partial charge in [-0.05, 0) is 18.1 Å². The normalized spacial score (nSPS) is 23.1. The number of benzene rings is 1. The number of carbonyl (C=O) groups excluding carboxylic acids is 1. The molecule has 1 aromatic rings. The lowest BCUT2D eigenvalue weighted by Crippen LogP contribution is -2.43. The minimum absolute atomic E-state index is 0.291. The van der Waals surface area contributed by atoms with E-state index in [1.54, 1.807) is 0 Å². The Bertz CT molecular complexity index is 359. The maximum absolute atomic E-state index is 11.7. The highest BCUT2D eigenvalue weighted by atomic mass is 16.6. The van der Waals surface area contributed by atoms with E-state index in [4.69, 9.17) is 9.47 Å². The van der Waals surface area contributed by atoms with Crippen molar-refractivity contribution < 1.29 is 14.3 Å². The van der Waals surface area contributed by atoms with Crippen LogP contribution in [0.4, 0.5) is 0 Å². The number of rotatable bonds is 2. The molecule has 2 rings (SSSR count). The molecule has 1 atom stereocenters. The topological polar surface area (TPSA) is 35.5 Å². The number of hydrogen-bond acceptors (Lipinski definition) is 3. The minimum atomic E-state index is -0.807. The van der Waals surface area contributed by atoms with E-state index in [2.05, 4.69) is 0 Å². The van der Waals surface area contributed by atoms with Gasteiger partial charge in [0.2, 0.25) is 5.60 Å². The second-order valence-electron chi connectivity index (χ2n) is 3.73. The van der Waals surface area contributed by atoms with Crippen molar-refractivity contribution in [2.75, 3.05) is 7.11 Å². The molecular weight excluding hydrogens is 192 g/mol. The summed E-state index contributed by atoms with van der Waals surface area (Å²) in [4.78, 5) is 11.7. The van der Waals surface area contributed by atoms with Crippen LogP contribution in [0.5, 0.6) is 5.75 Å². The van der Waals surface area contributed by atoms with Crippen LogP contribution in [0, 0.1) is 0 Å². The summed E-state index contributed by atoms with van der Waals surface area (Å²) in [7, 11) is 1.39. The first-order valence-corrected chi connectivity index (χ1v) is 5.07. The molecule has 1 heterocycles. The van der Waals surface area contributed by atoms with E-state index in [9.17, 15) is 4.79 Å². The molecule has 0 aromatic heterocycles. The van der Waals surface area contributed by atoms with Crippen LogP contribution in [-0.2, 0) is 16.0 Å². The van der Waals surface area contributed by atoms with Crippen molar-refractivity contribution in [2.24, 2.45) is 0 Å². The first-order chi connectivity index (χ1) is 7.22. The maximum atomic E-state index is 11.7. The van der Waals surface area contributed by atoms with Crippen LogP contribution in [0.1, 0.15) is 18.9 Å². The summed E-state index contributed by atoms with van der Waals surface area (Å²) >= 11 is 0. The Hall–Kier alpha value is -1.51. The zero-order valence-corrected chi connectivity index (χ0v) is 8.95. The molecular formula is C12H14O3. The summed E-state index contributed by atoms with van der Waals surface area (Å²) < 4.78 is 10.5. The zero-order chi connectivity index (χ0) is 10.9. The van der Waals surface area contributed by atoms with Crippen molar-refractivity contribution in [1.29, 1.82) is 0 Å². The van der Waals surface area contributed by atoms with E-state index >= 15 is 0 Å². The van der Waals surface area contributed by atoms with Crippen LogP contribution in [-0.4, -0.2) is 18.7 Å². The quantitative estimate of drug-likeness (QED) is 0.694. The Kier molecular flexibility index (Phi) is 2.39. The van der Waals surface area contributed by atoms with Gasteiger partial charge < -0.3 is 9.47 Å². The summed E-state index contributed by atoms with van der Waals surface area (Å²) in [5.41, 5.74) is 0.267. The second-order valence-corrected chi connectivity index (χ2v) is 3.73. The lowest BCUT2D eigenvalue weighted by Gasteiger charge is -2.23. The third-order valence-corrected chi connectivity index (χ3v) is 2.88. The summed E-state index contributed by atoms with van der Waals surface area (Å²) in [6.45, 7) is 1.93. The molecule has 0 saturated carbocycles. The average molecular weight is 206 g/mol. The predicted octanol–water partition coefficient (Wildman–Crippen LogP) is 1.94. The number of esters is 1. The molecule has 0 aliphatic carbocycles. The molecule has 0 saturated heterocycles. The van der Waals surface area contributed by atoms with E-state index in [0.29, 0.717) is 12.8 Å². The Labute approximate surface area is 89.0 Å². The Morgan fingerprint density at radius 3 is 2.87 bits per heavy atom. The van der Waals surface area contributed by atoms with Gasteiger partial charge in [0.05, 0.1) is 7.11 Å². The van der Waals surface area contributed by atoms with Crippen LogP contribution in [0.15, 0.2) is 24.3 Å². The van der Waals surface area contributed by atoms with Crippen LogP contribution < -0.4 is 4.74 Å². The van der Waals surface area contributed by atoms with Gasteiger partial charge in [0.15, 0.2) is 0 Å². The van der Waals surface area contributed by atoms with Gasteiger partial charge in [-0.25, -0.2) is 4.79 Å². The van der Waals surface area contributed by atoms with Gasteiger partial charge in [-0.3, -0.25) is 0 Å². The minimum Gasteiger partial charge on any atom is -0.475 e. The number of para-hydroxylation sites is 1. The molecule has 0 N–H and O–H groups in total. The van der Waals surface area contributed by atoms with Gasteiger partial charge in [0.1, 0.15) is 5.75 Å². The fourth-order valence-electron chi connectivity index (χ4n) is 1.94. The van der Waals surface area contributed by atoms with Crippen molar-refractivity contribution in [3.05, 3.63) is 29.8 Å². The number of ether oxygens (including phenoxy) is 2. The van der Waals surface area contributed by atoms with Crippen molar-refractivity contribution in [3.8, 4) is 5.75 Å². The van der Waals surface area contributed by atoms with Crippen molar-refractivity contribution in [1.82, 2.24) is 0 Å². The third-order valence-electron chi connectivity index (χ3n) is 2.88. The SMILES string of the molecule is CCC1(C(=O)OC)Cc2ccccc2O1. The molecule has 1 aliphatic heterocycles. The van der Waals surface area contributed by atoms with E-state index in [1.165, 1.54) is 7.11 Å². The highest BCUT2D eigenvalue weighted by Gasteiger charge is 2.45. The monoisotopic (exact) mass is 206 g/mol. The van der Waals surface area contributed by atoms with Crippen molar-refractivity contribution in [3.63, 3.8) is 0 Å². The molecule has 0 bridgehead atoms. The van der Waals surface area contributed by atoms with Crippen LogP contribution in [0.25, 0.3) is 0 Å². The van der Waals surface area contributed by atoms with Gasteiger partial charge in [-0.2, -0.15) is 0 Å². The predicted molar refractivity (Wildman–Crippen MR) is 55.8 cm³/mol. The molecule has 1 aromatic carbocycles. The Morgan fingerprint density at radius 2 is 2.27 bits per heavy atom. The lowest BCUT2D eigenvalue weighted by atomic mass is 9.94. The molecule has 0 spiro atoms. The average Bonchev–Trinajstić information content (AvgIpc) is 2.67. The van der Waals surface area contributed by atoms with Crippen LogP contribution in [0.3, 0.4) is 0 Å². The first-order valence-electron chi connectivity index (χ1n) is 5.07. The lowest BCUT2D eigenvalue weighted by molar-refractivity contribution is -0.157. The molecule has 3 nitrogen and oxygen atoms in total. The van der Waals surface area contributed by atoms with Crippen molar-refractivity contribution in [2.45, 2.75) is 25.4 Å². The number of carbonyl (C=O) groups is 1. The van der Waals surface area contributed by atoms with Gasteiger partial charge >= 0.3 is 5.97 Å². The smallest absolute Gasteiger partial charge is 0.350 e. The van der Waals surface area contributed by atoms with E-state index in [0.717, 1.165) is 11.3 Å². The molecule has 80 valence electrons. The fraction of sp³-hybridized carbons (Fsp3) is 0.417. The van der Waals surface area contributed by atoms with Gasteiger partial charge in [0, 0.05) is 6.42 Å². The molecule has 3 heteroatoms. The van der Waals surface area contributed by atoms with E-state index in [1.807, 2.05) is 31.2 Å². The maximum Gasteiger partial charge on any atom is 0.350 e. The number of fused-ring (bicyclic) bond motifs is 1. The molecule has 15 heavy (non-hydrogen) atoms. The van der Waals surface area contributed by atoms with Crippen molar-refractivity contribution >= 4 is 5.97 Å². The highest BCUT2D eigenvalue weighted by molar-refractivity contribution is 5.81. The zero-order valence-electron chi connectivity index (χ0n) is 8.95. The number of methoxy groups -OCH3 is 1. The largest absolute Gasteiger partial charge is 0.475 e. The summed E-state index contributed by atoms with van der Waals surface area (Å²) in [6.07, 6.45) is 1.22. The van der Waals surface area contributed by atoms with Gasteiger partial charge in [-0.1, -0.05) is 25.1 Å². The molecule has 0 radical (unpaired) electrons. The summed E-state index contributed by atoms with van der Waals surface area (Å²) in [6, 6.07) is 7.72. The summed E-state index contributed by atoms with van der Waals surface area (Å²) in [5, 5.41) is 0. The van der Waals surface area contributed by atoms with Crippen LogP contribution in [0.2, 0.25) is 0 Å². The molecule has 0 fully saturated rings. The third kappa shape index (κ3) is 1.48. The second kappa shape index (κ2) is 3.57. The van der Waals surface area contributed by atoms with E-state index < -0.39 is 5.60 Å². The number of hydrogen-bond donors (Lipinski definition) is 0. The van der Waals surface area contributed by atoms with E-state index in [-0.39, 0.29) is 5.97 Å². The van der Waals surface area contributed by atoms with Crippen LogP contribution >= 0.6 is 0 Å². The fourth-order valence-corrected chi connectivity index (χ4v) is 1.94.